The summed E-state index contributed by atoms with van der Waals surface area (Å²) in [5.74, 6) is 0.397. The standard InChI is InChI=1S/C15H15NO3/c17-14-6-12-8-16(9-13(12)7-14)15(18)19-10-11-4-2-1-3-5-11/h1-6,13H,7-10H2. The van der Waals surface area contributed by atoms with Crippen LogP contribution in [0.4, 0.5) is 4.79 Å². The molecule has 1 aliphatic heterocycles. The highest BCUT2D eigenvalue weighted by molar-refractivity contribution is 5.94. The second-order valence-electron chi connectivity index (χ2n) is 5.01. The fourth-order valence-corrected chi connectivity index (χ4v) is 2.61. The minimum Gasteiger partial charge on any atom is -0.445 e. The summed E-state index contributed by atoms with van der Waals surface area (Å²) in [6.07, 6.45) is 1.92. The van der Waals surface area contributed by atoms with Crippen molar-refractivity contribution in [2.75, 3.05) is 13.1 Å². The molecule has 1 aliphatic carbocycles. The Balaban J connectivity index is 1.55. The molecule has 4 nitrogen and oxygen atoms in total. The van der Waals surface area contributed by atoms with E-state index in [0.29, 0.717) is 26.1 Å². The predicted octanol–water partition coefficient (Wildman–Crippen LogP) is 2.15. The van der Waals surface area contributed by atoms with Gasteiger partial charge in [-0.25, -0.2) is 4.79 Å². The molecule has 1 atom stereocenters. The van der Waals surface area contributed by atoms with E-state index in [1.807, 2.05) is 30.3 Å². The van der Waals surface area contributed by atoms with Gasteiger partial charge in [-0.15, -0.1) is 0 Å². The second-order valence-corrected chi connectivity index (χ2v) is 5.01. The van der Waals surface area contributed by atoms with Gasteiger partial charge < -0.3 is 9.64 Å². The molecule has 1 heterocycles. The number of allylic oxidation sites excluding steroid dienone is 1. The van der Waals surface area contributed by atoms with Crippen molar-refractivity contribution < 1.29 is 14.3 Å². The Kier molecular flexibility index (Phi) is 3.07. The smallest absolute Gasteiger partial charge is 0.410 e. The van der Waals surface area contributed by atoms with E-state index in [1.54, 1.807) is 11.0 Å². The van der Waals surface area contributed by atoms with Crippen molar-refractivity contribution in [3.8, 4) is 0 Å². The minimum atomic E-state index is -0.299. The third kappa shape index (κ3) is 2.52. The van der Waals surface area contributed by atoms with Gasteiger partial charge >= 0.3 is 6.09 Å². The maximum absolute atomic E-state index is 11.9. The Labute approximate surface area is 111 Å². The lowest BCUT2D eigenvalue weighted by Crippen LogP contribution is -2.29. The summed E-state index contributed by atoms with van der Waals surface area (Å²) >= 11 is 0. The molecule has 1 aromatic carbocycles. The molecule has 3 rings (SSSR count). The highest BCUT2D eigenvalue weighted by Gasteiger charge is 2.36. The number of nitrogens with zero attached hydrogens (tertiary/aromatic N) is 1. The first-order valence-corrected chi connectivity index (χ1v) is 6.41. The van der Waals surface area contributed by atoms with Crippen LogP contribution in [0.15, 0.2) is 42.0 Å². The lowest BCUT2D eigenvalue weighted by molar-refractivity contribution is -0.114. The highest BCUT2D eigenvalue weighted by atomic mass is 16.6. The van der Waals surface area contributed by atoms with Gasteiger partial charge in [-0.3, -0.25) is 4.79 Å². The number of rotatable bonds is 2. The second kappa shape index (κ2) is 4.88. The van der Waals surface area contributed by atoms with Gasteiger partial charge in [0, 0.05) is 25.4 Å². The van der Waals surface area contributed by atoms with E-state index in [0.717, 1.165) is 11.1 Å². The monoisotopic (exact) mass is 257 g/mol. The number of amides is 1. The Morgan fingerprint density at radius 3 is 2.84 bits per heavy atom. The third-order valence-corrected chi connectivity index (χ3v) is 3.60. The highest BCUT2D eigenvalue weighted by Crippen LogP contribution is 2.31. The van der Waals surface area contributed by atoms with Gasteiger partial charge in [0.05, 0.1) is 0 Å². The van der Waals surface area contributed by atoms with E-state index >= 15 is 0 Å². The van der Waals surface area contributed by atoms with Crippen LogP contribution in [-0.2, 0) is 16.1 Å². The summed E-state index contributed by atoms with van der Waals surface area (Å²) in [4.78, 5) is 24.8. The van der Waals surface area contributed by atoms with E-state index in [9.17, 15) is 9.59 Å². The van der Waals surface area contributed by atoms with Gasteiger partial charge in [-0.05, 0) is 17.2 Å². The number of ketones is 1. The van der Waals surface area contributed by atoms with Crippen LogP contribution in [0, 0.1) is 5.92 Å². The first kappa shape index (κ1) is 12.0. The summed E-state index contributed by atoms with van der Waals surface area (Å²) in [5, 5.41) is 0. The molecule has 4 heteroatoms. The molecule has 98 valence electrons. The zero-order valence-corrected chi connectivity index (χ0v) is 10.5. The number of likely N-dealkylation sites (tertiary alicyclic amines) is 1. The normalized spacial score (nSPS) is 21.3. The van der Waals surface area contributed by atoms with Crippen LogP contribution < -0.4 is 0 Å². The van der Waals surface area contributed by atoms with Crippen LogP contribution in [0.3, 0.4) is 0 Å². The van der Waals surface area contributed by atoms with Gasteiger partial charge in [0.25, 0.3) is 0 Å². The molecule has 0 bridgehead atoms. The maximum Gasteiger partial charge on any atom is 0.410 e. The van der Waals surface area contributed by atoms with Gasteiger partial charge in [-0.2, -0.15) is 0 Å². The fourth-order valence-electron chi connectivity index (χ4n) is 2.61. The van der Waals surface area contributed by atoms with Gasteiger partial charge in [0.15, 0.2) is 5.78 Å². The molecule has 1 amide bonds. The Hall–Kier alpha value is -2.10. The Morgan fingerprint density at radius 1 is 1.32 bits per heavy atom. The largest absolute Gasteiger partial charge is 0.445 e. The number of benzene rings is 1. The van der Waals surface area contributed by atoms with Crippen molar-refractivity contribution in [1.82, 2.24) is 4.90 Å². The molecule has 1 unspecified atom stereocenters. The summed E-state index contributed by atoms with van der Waals surface area (Å²) < 4.78 is 5.28. The molecule has 1 saturated heterocycles. The van der Waals surface area contributed by atoms with Crippen LogP contribution in [0.2, 0.25) is 0 Å². The lowest BCUT2D eigenvalue weighted by atomic mass is 10.1. The number of fused-ring (bicyclic) bond motifs is 1. The van der Waals surface area contributed by atoms with Crippen molar-refractivity contribution in [3.63, 3.8) is 0 Å². The molecular weight excluding hydrogens is 242 g/mol. The average molecular weight is 257 g/mol. The maximum atomic E-state index is 11.9. The quantitative estimate of drug-likeness (QED) is 0.815. The summed E-state index contributed by atoms with van der Waals surface area (Å²) in [6, 6.07) is 9.61. The molecule has 0 N–H and O–H groups in total. The van der Waals surface area contributed by atoms with E-state index in [-0.39, 0.29) is 17.8 Å². The minimum absolute atomic E-state index is 0.178. The summed E-state index contributed by atoms with van der Waals surface area (Å²) in [6.45, 7) is 1.42. The number of hydrogen-bond donors (Lipinski definition) is 0. The van der Waals surface area contributed by atoms with Crippen LogP contribution in [0.25, 0.3) is 0 Å². The van der Waals surface area contributed by atoms with Gasteiger partial charge in [-0.1, -0.05) is 30.3 Å². The molecule has 0 spiro atoms. The Morgan fingerprint density at radius 2 is 2.11 bits per heavy atom. The number of carbonyl (C=O) groups excluding carboxylic acids is 2. The number of hydrogen-bond acceptors (Lipinski definition) is 3. The molecule has 19 heavy (non-hydrogen) atoms. The number of carbonyl (C=O) groups is 2. The van der Waals surface area contributed by atoms with E-state index in [1.165, 1.54) is 0 Å². The summed E-state index contributed by atoms with van der Waals surface area (Å²) in [7, 11) is 0. The van der Waals surface area contributed by atoms with Gasteiger partial charge in [0.2, 0.25) is 0 Å². The van der Waals surface area contributed by atoms with Crippen molar-refractivity contribution in [2.24, 2.45) is 5.92 Å². The van der Waals surface area contributed by atoms with Crippen molar-refractivity contribution >= 4 is 11.9 Å². The topological polar surface area (TPSA) is 46.6 Å². The van der Waals surface area contributed by atoms with E-state index < -0.39 is 0 Å². The Bertz CT molecular complexity index is 536. The lowest BCUT2D eigenvalue weighted by Gasteiger charge is -2.16. The van der Waals surface area contributed by atoms with Crippen LogP contribution in [0.1, 0.15) is 12.0 Å². The van der Waals surface area contributed by atoms with E-state index in [2.05, 4.69) is 0 Å². The summed E-state index contributed by atoms with van der Waals surface area (Å²) in [5.41, 5.74) is 2.05. The molecule has 2 aliphatic rings. The molecule has 1 aromatic rings. The SMILES string of the molecule is O=C1C=C2CN(C(=O)OCc3ccccc3)CC2C1. The van der Waals surface area contributed by atoms with Gasteiger partial charge in [0.1, 0.15) is 6.61 Å². The first-order chi connectivity index (χ1) is 9.22. The average Bonchev–Trinajstić information content (AvgIpc) is 2.94. The van der Waals surface area contributed by atoms with Crippen LogP contribution in [0.5, 0.6) is 0 Å². The van der Waals surface area contributed by atoms with Crippen molar-refractivity contribution in [2.45, 2.75) is 13.0 Å². The van der Waals surface area contributed by atoms with Crippen molar-refractivity contribution in [3.05, 3.63) is 47.5 Å². The third-order valence-electron chi connectivity index (χ3n) is 3.60. The molecule has 0 radical (unpaired) electrons. The molecule has 0 aromatic heterocycles. The first-order valence-electron chi connectivity index (χ1n) is 6.41. The molecule has 1 fully saturated rings. The molecule has 0 saturated carbocycles. The van der Waals surface area contributed by atoms with Crippen LogP contribution in [-0.4, -0.2) is 29.9 Å². The zero-order valence-electron chi connectivity index (χ0n) is 10.5. The molecular formula is C15H15NO3. The van der Waals surface area contributed by atoms with Crippen LogP contribution >= 0.6 is 0 Å². The zero-order chi connectivity index (χ0) is 13.2. The fraction of sp³-hybridized carbons (Fsp3) is 0.333. The predicted molar refractivity (Wildman–Crippen MR) is 69.4 cm³/mol. The van der Waals surface area contributed by atoms with Crippen molar-refractivity contribution in [1.29, 1.82) is 0 Å². The van der Waals surface area contributed by atoms with E-state index in [4.69, 9.17) is 4.74 Å². The number of ether oxygens (including phenoxy) is 1.